The van der Waals surface area contributed by atoms with Crippen LogP contribution in [0.15, 0.2) is 5.16 Å². The summed E-state index contributed by atoms with van der Waals surface area (Å²) >= 11 is 1.26. The zero-order valence-corrected chi connectivity index (χ0v) is 10.3. The van der Waals surface area contributed by atoms with Crippen molar-refractivity contribution in [3.05, 3.63) is 11.4 Å². The lowest BCUT2D eigenvalue weighted by molar-refractivity contribution is -0.133. The minimum absolute atomic E-state index is 0.0658. The summed E-state index contributed by atoms with van der Waals surface area (Å²) in [4.78, 5) is 18.2. The molecule has 5 heteroatoms. The number of aliphatic carboxylic acids is 1. The first-order valence-corrected chi connectivity index (χ1v) is 6.48. The number of aromatic nitrogens is 2. The van der Waals surface area contributed by atoms with E-state index >= 15 is 0 Å². The molecule has 88 valence electrons. The van der Waals surface area contributed by atoms with Crippen LogP contribution in [0.2, 0.25) is 0 Å². The average molecular weight is 240 g/mol. The van der Waals surface area contributed by atoms with Crippen LogP contribution in [0.4, 0.5) is 0 Å². The van der Waals surface area contributed by atoms with Crippen molar-refractivity contribution in [2.75, 3.05) is 5.75 Å². The van der Waals surface area contributed by atoms with E-state index in [4.69, 9.17) is 5.11 Å². The first-order chi connectivity index (χ1) is 7.56. The molecule has 0 spiro atoms. The number of hydrogen-bond acceptors (Lipinski definition) is 3. The molecule has 2 atom stereocenters. The van der Waals surface area contributed by atoms with E-state index in [1.54, 1.807) is 0 Å². The normalized spacial score (nSPS) is 24.1. The van der Waals surface area contributed by atoms with Gasteiger partial charge in [0.2, 0.25) is 0 Å². The maximum absolute atomic E-state index is 10.5. The van der Waals surface area contributed by atoms with E-state index in [0.717, 1.165) is 17.3 Å². The number of fused-ring (bicyclic) bond motifs is 1. The second kappa shape index (κ2) is 4.49. The van der Waals surface area contributed by atoms with Crippen LogP contribution in [0, 0.1) is 5.92 Å². The average Bonchev–Trinajstić information content (AvgIpc) is 2.57. The van der Waals surface area contributed by atoms with Gasteiger partial charge in [0.1, 0.15) is 0 Å². The lowest BCUT2D eigenvalue weighted by Gasteiger charge is -2.22. The van der Waals surface area contributed by atoms with Gasteiger partial charge in [-0.15, -0.1) is 0 Å². The maximum Gasteiger partial charge on any atom is 0.313 e. The summed E-state index contributed by atoms with van der Waals surface area (Å²) in [6.45, 7) is 4.42. The van der Waals surface area contributed by atoms with E-state index in [2.05, 4.69) is 23.8 Å². The molecule has 1 aliphatic carbocycles. The number of nitrogens with one attached hydrogen (secondary N) is 1. The summed E-state index contributed by atoms with van der Waals surface area (Å²) in [6, 6.07) is 0. The van der Waals surface area contributed by atoms with Crippen molar-refractivity contribution < 1.29 is 9.90 Å². The molecule has 2 unspecified atom stereocenters. The number of nitrogens with zero attached hydrogens (tertiary/aromatic N) is 1. The van der Waals surface area contributed by atoms with Crippen molar-refractivity contribution in [1.82, 2.24) is 9.97 Å². The monoisotopic (exact) mass is 240 g/mol. The van der Waals surface area contributed by atoms with Gasteiger partial charge < -0.3 is 10.1 Å². The SMILES string of the molecule is CC1Cc2[nH]c(SCC(=O)O)nc2C(C)C1. The zero-order valence-electron chi connectivity index (χ0n) is 9.49. The number of carboxylic acid groups (broad SMARTS) is 1. The molecule has 0 bridgehead atoms. The Balaban J connectivity index is 2.13. The zero-order chi connectivity index (χ0) is 11.7. The van der Waals surface area contributed by atoms with Crippen molar-refractivity contribution >= 4 is 17.7 Å². The molecular formula is C11H16N2O2S. The lowest BCUT2D eigenvalue weighted by atomic mass is 9.84. The summed E-state index contributed by atoms with van der Waals surface area (Å²) in [6.07, 6.45) is 2.20. The predicted octanol–water partition coefficient (Wildman–Crippen LogP) is 2.27. The van der Waals surface area contributed by atoms with Crippen molar-refractivity contribution in [3.8, 4) is 0 Å². The van der Waals surface area contributed by atoms with Crippen molar-refractivity contribution in [3.63, 3.8) is 0 Å². The van der Waals surface area contributed by atoms with Crippen LogP contribution in [-0.2, 0) is 11.2 Å². The quantitative estimate of drug-likeness (QED) is 0.795. The summed E-state index contributed by atoms with van der Waals surface area (Å²) < 4.78 is 0. The second-order valence-corrected chi connectivity index (χ2v) is 5.50. The molecule has 1 heterocycles. The van der Waals surface area contributed by atoms with Crippen molar-refractivity contribution in [2.24, 2.45) is 5.92 Å². The molecule has 0 radical (unpaired) electrons. The molecule has 1 aliphatic rings. The van der Waals surface area contributed by atoms with Gasteiger partial charge >= 0.3 is 5.97 Å². The number of H-pyrrole nitrogens is 1. The molecule has 0 aliphatic heterocycles. The van der Waals surface area contributed by atoms with Gasteiger partial charge in [0.15, 0.2) is 5.16 Å². The number of carboxylic acids is 1. The molecule has 0 amide bonds. The number of aromatic amines is 1. The highest BCUT2D eigenvalue weighted by Gasteiger charge is 2.25. The number of carbonyl (C=O) groups is 1. The summed E-state index contributed by atoms with van der Waals surface area (Å²) in [7, 11) is 0. The topological polar surface area (TPSA) is 66.0 Å². The van der Waals surface area contributed by atoms with Gasteiger partial charge in [0, 0.05) is 11.6 Å². The van der Waals surface area contributed by atoms with Gasteiger partial charge in [-0.1, -0.05) is 25.6 Å². The first-order valence-electron chi connectivity index (χ1n) is 5.49. The lowest BCUT2D eigenvalue weighted by Crippen LogP contribution is -2.14. The van der Waals surface area contributed by atoms with E-state index in [0.29, 0.717) is 11.8 Å². The fourth-order valence-corrected chi connectivity index (χ4v) is 2.93. The van der Waals surface area contributed by atoms with Crippen LogP contribution in [0.3, 0.4) is 0 Å². The smallest absolute Gasteiger partial charge is 0.313 e. The Morgan fingerprint density at radius 3 is 3.06 bits per heavy atom. The second-order valence-electron chi connectivity index (χ2n) is 4.53. The van der Waals surface area contributed by atoms with E-state index in [-0.39, 0.29) is 5.75 Å². The fourth-order valence-electron chi connectivity index (χ4n) is 2.31. The van der Waals surface area contributed by atoms with E-state index in [9.17, 15) is 4.79 Å². The highest BCUT2D eigenvalue weighted by atomic mass is 32.2. The highest BCUT2D eigenvalue weighted by molar-refractivity contribution is 7.99. The van der Waals surface area contributed by atoms with E-state index < -0.39 is 5.97 Å². The summed E-state index contributed by atoms with van der Waals surface area (Å²) in [5.74, 6) is 0.423. The van der Waals surface area contributed by atoms with E-state index in [1.165, 1.54) is 23.9 Å². The van der Waals surface area contributed by atoms with Gasteiger partial charge in [0.05, 0.1) is 11.4 Å². The van der Waals surface area contributed by atoms with Gasteiger partial charge in [-0.05, 0) is 18.8 Å². The minimum atomic E-state index is -0.805. The Kier molecular flexibility index (Phi) is 3.23. The van der Waals surface area contributed by atoms with Crippen LogP contribution >= 0.6 is 11.8 Å². The van der Waals surface area contributed by atoms with Crippen LogP contribution in [0.25, 0.3) is 0 Å². The van der Waals surface area contributed by atoms with Crippen molar-refractivity contribution in [1.29, 1.82) is 0 Å². The Morgan fingerprint density at radius 2 is 2.38 bits per heavy atom. The molecule has 4 nitrogen and oxygen atoms in total. The molecule has 2 rings (SSSR count). The van der Waals surface area contributed by atoms with Crippen molar-refractivity contribution in [2.45, 2.75) is 37.8 Å². The maximum atomic E-state index is 10.5. The molecule has 0 saturated carbocycles. The minimum Gasteiger partial charge on any atom is -0.481 e. The van der Waals surface area contributed by atoms with Crippen LogP contribution in [-0.4, -0.2) is 26.8 Å². The molecule has 0 saturated heterocycles. The number of thioether (sulfide) groups is 1. The first kappa shape index (κ1) is 11.5. The van der Waals surface area contributed by atoms with Gasteiger partial charge in [-0.25, -0.2) is 4.98 Å². The third kappa shape index (κ3) is 2.40. The summed E-state index contributed by atoms with van der Waals surface area (Å²) in [5, 5.41) is 9.35. The van der Waals surface area contributed by atoms with Crippen LogP contribution in [0.1, 0.15) is 37.6 Å². The Labute approximate surface area is 98.9 Å². The molecule has 0 fully saturated rings. The molecule has 16 heavy (non-hydrogen) atoms. The summed E-state index contributed by atoms with van der Waals surface area (Å²) in [5.41, 5.74) is 2.32. The Morgan fingerprint density at radius 1 is 1.62 bits per heavy atom. The fraction of sp³-hybridized carbons (Fsp3) is 0.636. The Hall–Kier alpha value is -0.970. The molecule has 1 aromatic heterocycles. The third-order valence-corrected chi connectivity index (χ3v) is 3.75. The molecular weight excluding hydrogens is 224 g/mol. The number of hydrogen-bond donors (Lipinski definition) is 2. The Bertz CT molecular complexity index is 403. The van der Waals surface area contributed by atoms with Gasteiger partial charge in [-0.2, -0.15) is 0 Å². The molecule has 0 aromatic carbocycles. The van der Waals surface area contributed by atoms with Crippen LogP contribution < -0.4 is 0 Å². The van der Waals surface area contributed by atoms with Gasteiger partial charge in [-0.3, -0.25) is 4.79 Å². The predicted molar refractivity (Wildman–Crippen MR) is 62.8 cm³/mol. The molecule has 1 aromatic rings. The van der Waals surface area contributed by atoms with Gasteiger partial charge in [0.25, 0.3) is 0 Å². The highest BCUT2D eigenvalue weighted by Crippen LogP contribution is 2.34. The number of imidazole rings is 1. The standard InChI is InChI=1S/C11H16N2O2S/c1-6-3-7(2)10-8(4-6)12-11(13-10)16-5-9(14)15/h6-7H,3-5H2,1-2H3,(H,12,13)(H,14,15). The number of rotatable bonds is 3. The molecule has 2 N–H and O–H groups in total. The van der Waals surface area contributed by atoms with E-state index in [1.807, 2.05) is 0 Å². The van der Waals surface area contributed by atoms with Crippen LogP contribution in [0.5, 0.6) is 0 Å². The largest absolute Gasteiger partial charge is 0.481 e. The third-order valence-electron chi connectivity index (χ3n) is 2.90.